The van der Waals surface area contributed by atoms with E-state index in [1.54, 1.807) is 0 Å². The summed E-state index contributed by atoms with van der Waals surface area (Å²) in [5, 5.41) is 23.0. The molecule has 0 spiro atoms. The van der Waals surface area contributed by atoms with Crippen LogP contribution in [0, 0.1) is 0 Å². The molecule has 6 heteroatoms. The van der Waals surface area contributed by atoms with Crippen molar-refractivity contribution >= 4 is 11.9 Å². The minimum absolute atomic E-state index is 0.0210. The number of carbonyl (C=O) groups excluding carboxylic acids is 2. The smallest absolute Gasteiger partial charge is 0.305 e. The van der Waals surface area contributed by atoms with E-state index in [-0.39, 0.29) is 18.5 Å². The van der Waals surface area contributed by atoms with Crippen molar-refractivity contribution in [3.63, 3.8) is 0 Å². The maximum absolute atomic E-state index is 12.4. The monoisotopic (exact) mass is 802 g/mol. The van der Waals surface area contributed by atoms with Crippen LogP contribution in [-0.4, -0.2) is 47.4 Å². The predicted octanol–water partition coefficient (Wildman–Crippen LogP) is 14.5. The van der Waals surface area contributed by atoms with Gasteiger partial charge in [-0.05, 0) is 83.5 Å². The molecule has 334 valence electrons. The largest absolute Gasteiger partial charge is 0.466 e. The Kier molecular flexibility index (Phi) is 45.2. The number of hydrogen-bond acceptors (Lipinski definition) is 5. The number of esters is 1. The van der Waals surface area contributed by atoms with Gasteiger partial charge in [0.05, 0.1) is 25.4 Å². The second-order valence-electron chi connectivity index (χ2n) is 16.8. The SMILES string of the molecule is CCCCCC/C=C\C/C=C\CCCCCCCCCC(=O)OCCCCCCCC/C=C\CCCCCC(=O)NC(CO)C(O)CCCCCCCCCCC. The lowest BCUT2D eigenvalue weighted by atomic mass is 10.0. The molecule has 0 fully saturated rings. The van der Waals surface area contributed by atoms with Crippen LogP contribution in [0.1, 0.15) is 251 Å². The highest BCUT2D eigenvalue weighted by atomic mass is 16.5. The predicted molar refractivity (Wildman–Crippen MR) is 246 cm³/mol. The summed E-state index contributed by atoms with van der Waals surface area (Å²) in [5.74, 6) is -0.0901. The summed E-state index contributed by atoms with van der Waals surface area (Å²) in [4.78, 5) is 24.4. The van der Waals surface area contributed by atoms with Gasteiger partial charge >= 0.3 is 5.97 Å². The van der Waals surface area contributed by atoms with E-state index in [0.29, 0.717) is 25.9 Å². The Balaban J connectivity index is 3.48. The molecule has 0 aromatic rings. The molecule has 0 rings (SSSR count). The first-order valence-electron chi connectivity index (χ1n) is 24.7. The fourth-order valence-corrected chi connectivity index (χ4v) is 7.31. The number of amides is 1. The molecule has 1 amide bonds. The van der Waals surface area contributed by atoms with Gasteiger partial charge in [-0.2, -0.15) is 0 Å². The van der Waals surface area contributed by atoms with Gasteiger partial charge in [-0.15, -0.1) is 0 Å². The molecule has 2 atom stereocenters. The fraction of sp³-hybridized carbons (Fsp3) is 0.843. The Morgan fingerprint density at radius 1 is 0.491 bits per heavy atom. The molecule has 0 saturated carbocycles. The molecule has 0 aliphatic rings. The topological polar surface area (TPSA) is 95.9 Å². The average Bonchev–Trinajstić information content (AvgIpc) is 3.21. The number of carbonyl (C=O) groups is 2. The van der Waals surface area contributed by atoms with Gasteiger partial charge < -0.3 is 20.3 Å². The van der Waals surface area contributed by atoms with Crippen molar-refractivity contribution in [2.45, 2.75) is 264 Å². The molecule has 2 unspecified atom stereocenters. The molecule has 0 aromatic heterocycles. The lowest BCUT2D eigenvalue weighted by Gasteiger charge is -2.22. The van der Waals surface area contributed by atoms with E-state index >= 15 is 0 Å². The Morgan fingerprint density at radius 3 is 1.39 bits per heavy atom. The Hall–Kier alpha value is -1.92. The zero-order chi connectivity index (χ0) is 41.5. The molecule has 3 N–H and O–H groups in total. The fourth-order valence-electron chi connectivity index (χ4n) is 7.31. The first kappa shape index (κ1) is 55.1. The van der Waals surface area contributed by atoms with Crippen LogP contribution in [-0.2, 0) is 14.3 Å². The number of ether oxygens (including phenoxy) is 1. The Morgan fingerprint density at radius 2 is 0.877 bits per heavy atom. The summed E-state index contributed by atoms with van der Waals surface area (Å²) in [6, 6.07) is -0.560. The summed E-state index contributed by atoms with van der Waals surface area (Å²) >= 11 is 0. The lowest BCUT2D eigenvalue weighted by Crippen LogP contribution is -2.45. The number of rotatable bonds is 45. The van der Waals surface area contributed by atoms with Crippen LogP contribution >= 0.6 is 0 Å². The minimum atomic E-state index is -0.680. The summed E-state index contributed by atoms with van der Waals surface area (Å²) in [7, 11) is 0. The number of aliphatic hydroxyl groups excluding tert-OH is 2. The van der Waals surface area contributed by atoms with Crippen molar-refractivity contribution in [3.8, 4) is 0 Å². The van der Waals surface area contributed by atoms with Crippen LogP contribution in [0.25, 0.3) is 0 Å². The highest BCUT2D eigenvalue weighted by molar-refractivity contribution is 5.76. The van der Waals surface area contributed by atoms with Gasteiger partial charge in [0.1, 0.15) is 0 Å². The van der Waals surface area contributed by atoms with Crippen LogP contribution in [0.2, 0.25) is 0 Å². The standard InChI is InChI=1S/C51H95NO5/c1-3-5-7-9-11-13-14-15-16-17-18-19-22-25-29-33-37-41-45-51(56)57-46-42-38-34-30-26-23-20-21-24-28-32-36-40-44-50(55)52-48(47-53)49(54)43-39-35-31-27-12-10-8-6-4-2/h13-14,16-17,21,24,48-49,53-54H,3-12,15,18-20,22-23,25-47H2,1-2H3,(H,52,55)/b14-13-,17-16-,24-21-. The van der Waals surface area contributed by atoms with Gasteiger partial charge in [0, 0.05) is 12.8 Å². The summed E-state index contributed by atoms with van der Waals surface area (Å²) < 4.78 is 5.46. The lowest BCUT2D eigenvalue weighted by molar-refractivity contribution is -0.143. The highest BCUT2D eigenvalue weighted by Crippen LogP contribution is 2.15. The van der Waals surface area contributed by atoms with Crippen LogP contribution in [0.4, 0.5) is 0 Å². The molecule has 0 heterocycles. The van der Waals surface area contributed by atoms with Gasteiger partial charge in [0.2, 0.25) is 5.91 Å². The maximum atomic E-state index is 12.4. The molecule has 0 aliphatic carbocycles. The third kappa shape index (κ3) is 43.5. The molecular weight excluding hydrogens is 707 g/mol. The minimum Gasteiger partial charge on any atom is -0.466 e. The van der Waals surface area contributed by atoms with Crippen LogP contribution in [0.5, 0.6) is 0 Å². The third-order valence-electron chi connectivity index (χ3n) is 11.2. The summed E-state index contributed by atoms with van der Waals surface area (Å²) in [6.07, 6.45) is 55.4. The van der Waals surface area contributed by atoms with Crippen molar-refractivity contribution in [1.82, 2.24) is 5.32 Å². The quantitative estimate of drug-likeness (QED) is 0.0324. The van der Waals surface area contributed by atoms with Crippen molar-refractivity contribution in [3.05, 3.63) is 36.5 Å². The number of aliphatic hydroxyl groups is 2. The van der Waals surface area contributed by atoms with E-state index < -0.39 is 12.1 Å². The third-order valence-corrected chi connectivity index (χ3v) is 11.2. The van der Waals surface area contributed by atoms with Crippen molar-refractivity contribution in [2.24, 2.45) is 0 Å². The molecule has 6 nitrogen and oxygen atoms in total. The van der Waals surface area contributed by atoms with E-state index in [4.69, 9.17) is 4.74 Å². The average molecular weight is 802 g/mol. The van der Waals surface area contributed by atoms with E-state index in [1.807, 2.05) is 0 Å². The number of unbranched alkanes of at least 4 members (excludes halogenated alkanes) is 28. The van der Waals surface area contributed by atoms with Crippen molar-refractivity contribution in [2.75, 3.05) is 13.2 Å². The van der Waals surface area contributed by atoms with Gasteiger partial charge in [-0.1, -0.05) is 192 Å². The number of nitrogens with one attached hydrogen (secondary N) is 1. The van der Waals surface area contributed by atoms with Crippen molar-refractivity contribution < 1.29 is 24.5 Å². The van der Waals surface area contributed by atoms with E-state index in [0.717, 1.165) is 77.0 Å². The van der Waals surface area contributed by atoms with Crippen LogP contribution < -0.4 is 5.32 Å². The van der Waals surface area contributed by atoms with Gasteiger partial charge in [-0.25, -0.2) is 0 Å². The first-order valence-corrected chi connectivity index (χ1v) is 24.7. The number of allylic oxidation sites excluding steroid dienone is 6. The van der Waals surface area contributed by atoms with E-state index in [9.17, 15) is 19.8 Å². The number of hydrogen-bond donors (Lipinski definition) is 3. The normalized spacial score (nSPS) is 13.0. The van der Waals surface area contributed by atoms with E-state index in [1.165, 1.54) is 141 Å². The zero-order valence-corrected chi connectivity index (χ0v) is 37.8. The molecular formula is C51H95NO5. The van der Waals surface area contributed by atoms with E-state index in [2.05, 4.69) is 55.6 Å². The molecule has 0 radical (unpaired) electrons. The zero-order valence-electron chi connectivity index (χ0n) is 37.8. The van der Waals surface area contributed by atoms with Crippen molar-refractivity contribution in [1.29, 1.82) is 0 Å². The second kappa shape index (κ2) is 46.8. The van der Waals surface area contributed by atoms with Gasteiger partial charge in [0.25, 0.3) is 0 Å². The molecule has 0 aromatic carbocycles. The Bertz CT molecular complexity index is 931. The van der Waals surface area contributed by atoms with Gasteiger partial charge in [-0.3, -0.25) is 9.59 Å². The maximum Gasteiger partial charge on any atom is 0.305 e. The molecule has 0 saturated heterocycles. The second-order valence-corrected chi connectivity index (χ2v) is 16.8. The summed E-state index contributed by atoms with van der Waals surface area (Å²) in [5.41, 5.74) is 0. The molecule has 57 heavy (non-hydrogen) atoms. The summed E-state index contributed by atoms with van der Waals surface area (Å²) in [6.45, 7) is 4.86. The first-order chi connectivity index (χ1) is 28.0. The van der Waals surface area contributed by atoms with Crippen LogP contribution in [0.3, 0.4) is 0 Å². The van der Waals surface area contributed by atoms with Gasteiger partial charge in [0.15, 0.2) is 0 Å². The Labute approximate surface area is 353 Å². The molecule has 0 aliphatic heterocycles. The van der Waals surface area contributed by atoms with Crippen LogP contribution in [0.15, 0.2) is 36.5 Å². The molecule has 0 bridgehead atoms. The highest BCUT2D eigenvalue weighted by Gasteiger charge is 2.20.